The maximum atomic E-state index is 12.9. The predicted molar refractivity (Wildman–Crippen MR) is 51.5 cm³/mol. The van der Waals surface area contributed by atoms with E-state index in [0.717, 1.165) is 19.4 Å². The molecule has 0 aromatic carbocycles. The van der Waals surface area contributed by atoms with Crippen LogP contribution in [0, 0.1) is 0 Å². The van der Waals surface area contributed by atoms with E-state index in [1.54, 1.807) is 0 Å². The Kier molecular flexibility index (Phi) is 3.68. The molecule has 2 atom stereocenters. The van der Waals surface area contributed by atoms with Crippen LogP contribution in [0.5, 0.6) is 0 Å². The summed E-state index contributed by atoms with van der Waals surface area (Å²) >= 11 is 0. The molecule has 0 spiro atoms. The zero-order chi connectivity index (χ0) is 9.90. The lowest BCUT2D eigenvalue weighted by Crippen LogP contribution is -2.41. The third-order valence-corrected chi connectivity index (χ3v) is 3.06. The fourth-order valence-corrected chi connectivity index (χ4v) is 2.47. The van der Waals surface area contributed by atoms with Crippen molar-refractivity contribution < 1.29 is 9.50 Å². The van der Waals surface area contributed by atoms with Gasteiger partial charge in [0.2, 0.25) is 0 Å². The van der Waals surface area contributed by atoms with Gasteiger partial charge < -0.3 is 5.11 Å². The molecule has 2 rings (SSSR count). The monoisotopic (exact) mass is 189 g/mol. The zero-order valence-electron chi connectivity index (χ0n) is 8.59. The molecule has 0 amide bonds. The standard InChI is InChI=1S/C8H14FNO.C2H6/c9-7-4-8(6-11)2-1-3-10(8)5-7;1-2/h7,11H,1-6H2;1-2H3/t7?,8-;/m1./s1. The number of hydrogen-bond acceptors (Lipinski definition) is 2. The largest absolute Gasteiger partial charge is 0.394 e. The van der Waals surface area contributed by atoms with Gasteiger partial charge in [0.1, 0.15) is 6.17 Å². The van der Waals surface area contributed by atoms with E-state index in [0.29, 0.717) is 13.0 Å². The molecule has 1 unspecified atom stereocenters. The van der Waals surface area contributed by atoms with Crippen LogP contribution in [0.15, 0.2) is 0 Å². The Labute approximate surface area is 79.7 Å². The molecule has 0 radical (unpaired) electrons. The highest BCUT2D eigenvalue weighted by Gasteiger charge is 2.47. The lowest BCUT2D eigenvalue weighted by Gasteiger charge is -2.28. The number of nitrogens with zero attached hydrogens (tertiary/aromatic N) is 1. The number of halogens is 1. The first-order valence-corrected chi connectivity index (χ1v) is 5.27. The van der Waals surface area contributed by atoms with Gasteiger partial charge in [-0.25, -0.2) is 4.39 Å². The highest BCUT2D eigenvalue weighted by atomic mass is 19.1. The summed E-state index contributed by atoms with van der Waals surface area (Å²) in [5, 5.41) is 9.14. The van der Waals surface area contributed by atoms with Gasteiger partial charge in [0.25, 0.3) is 0 Å². The van der Waals surface area contributed by atoms with E-state index in [-0.39, 0.29) is 12.1 Å². The maximum Gasteiger partial charge on any atom is 0.115 e. The Morgan fingerprint density at radius 1 is 1.54 bits per heavy atom. The lowest BCUT2D eigenvalue weighted by molar-refractivity contribution is 0.0996. The average molecular weight is 189 g/mol. The number of alkyl halides is 1. The quantitative estimate of drug-likeness (QED) is 0.677. The van der Waals surface area contributed by atoms with Gasteiger partial charge in [-0.1, -0.05) is 13.8 Å². The second kappa shape index (κ2) is 4.38. The Morgan fingerprint density at radius 3 is 2.77 bits per heavy atom. The van der Waals surface area contributed by atoms with Crippen LogP contribution in [0.3, 0.4) is 0 Å². The summed E-state index contributed by atoms with van der Waals surface area (Å²) in [4.78, 5) is 2.11. The smallest absolute Gasteiger partial charge is 0.115 e. The SMILES string of the molecule is CC.OC[C@]12CCCN1CC(F)C2. The molecular formula is C10H20FNO. The molecule has 3 heteroatoms. The van der Waals surface area contributed by atoms with Gasteiger partial charge in [-0.3, -0.25) is 4.90 Å². The van der Waals surface area contributed by atoms with Gasteiger partial charge in [0.15, 0.2) is 0 Å². The third kappa shape index (κ3) is 1.86. The van der Waals surface area contributed by atoms with Crippen LogP contribution in [-0.4, -0.2) is 41.4 Å². The summed E-state index contributed by atoms with van der Waals surface area (Å²) in [6.45, 7) is 5.65. The van der Waals surface area contributed by atoms with Gasteiger partial charge >= 0.3 is 0 Å². The van der Waals surface area contributed by atoms with E-state index in [2.05, 4.69) is 4.90 Å². The van der Waals surface area contributed by atoms with Gasteiger partial charge in [0.05, 0.1) is 6.61 Å². The van der Waals surface area contributed by atoms with Crippen molar-refractivity contribution in [2.75, 3.05) is 19.7 Å². The lowest BCUT2D eigenvalue weighted by atomic mass is 9.95. The fourth-order valence-electron chi connectivity index (χ4n) is 2.47. The van der Waals surface area contributed by atoms with Gasteiger partial charge in [-0.05, 0) is 19.4 Å². The summed E-state index contributed by atoms with van der Waals surface area (Å²) in [5.74, 6) is 0. The Balaban J connectivity index is 0.000000396. The van der Waals surface area contributed by atoms with E-state index in [9.17, 15) is 4.39 Å². The second-order valence-corrected chi connectivity index (χ2v) is 3.73. The van der Waals surface area contributed by atoms with Gasteiger partial charge in [-0.15, -0.1) is 0 Å². The first-order chi connectivity index (χ1) is 6.27. The van der Waals surface area contributed by atoms with Gasteiger partial charge in [-0.2, -0.15) is 0 Å². The number of aliphatic hydroxyl groups is 1. The summed E-state index contributed by atoms with van der Waals surface area (Å²) < 4.78 is 12.9. The number of rotatable bonds is 1. The van der Waals surface area contributed by atoms with Crippen molar-refractivity contribution in [3.05, 3.63) is 0 Å². The average Bonchev–Trinajstić information content (AvgIpc) is 2.64. The zero-order valence-corrected chi connectivity index (χ0v) is 8.59. The Hall–Kier alpha value is -0.150. The Morgan fingerprint density at radius 2 is 2.23 bits per heavy atom. The van der Waals surface area contributed by atoms with E-state index in [4.69, 9.17) is 5.11 Å². The van der Waals surface area contributed by atoms with Crippen LogP contribution in [0.2, 0.25) is 0 Å². The van der Waals surface area contributed by atoms with Crippen LogP contribution < -0.4 is 0 Å². The van der Waals surface area contributed by atoms with Crippen LogP contribution in [0.25, 0.3) is 0 Å². The molecule has 2 nitrogen and oxygen atoms in total. The second-order valence-electron chi connectivity index (χ2n) is 3.73. The topological polar surface area (TPSA) is 23.5 Å². The highest BCUT2D eigenvalue weighted by Crippen LogP contribution is 2.39. The van der Waals surface area contributed by atoms with Crippen molar-refractivity contribution in [3.63, 3.8) is 0 Å². The highest BCUT2D eigenvalue weighted by molar-refractivity contribution is 5.03. The molecule has 13 heavy (non-hydrogen) atoms. The first-order valence-electron chi connectivity index (χ1n) is 5.27. The summed E-state index contributed by atoms with van der Waals surface area (Å²) in [5.41, 5.74) is -0.167. The molecule has 2 heterocycles. The molecule has 0 aromatic heterocycles. The molecule has 0 saturated carbocycles. The summed E-state index contributed by atoms with van der Waals surface area (Å²) in [6.07, 6.45) is 1.93. The molecule has 1 N–H and O–H groups in total. The molecule has 0 bridgehead atoms. The molecule has 2 fully saturated rings. The third-order valence-electron chi connectivity index (χ3n) is 3.06. The van der Waals surface area contributed by atoms with Gasteiger partial charge in [0, 0.05) is 18.5 Å². The summed E-state index contributed by atoms with van der Waals surface area (Å²) in [6, 6.07) is 0. The normalized spacial score (nSPS) is 38.3. The van der Waals surface area contributed by atoms with Crippen molar-refractivity contribution >= 4 is 0 Å². The van der Waals surface area contributed by atoms with Crippen molar-refractivity contribution in [2.24, 2.45) is 0 Å². The minimum atomic E-state index is -0.706. The predicted octanol–water partition coefficient (Wildman–Crippen LogP) is 1.58. The van der Waals surface area contributed by atoms with Crippen LogP contribution in [0.1, 0.15) is 33.1 Å². The van der Waals surface area contributed by atoms with Crippen molar-refractivity contribution in [1.29, 1.82) is 0 Å². The van der Waals surface area contributed by atoms with E-state index >= 15 is 0 Å². The van der Waals surface area contributed by atoms with Crippen LogP contribution >= 0.6 is 0 Å². The maximum absolute atomic E-state index is 12.9. The number of hydrogen-bond donors (Lipinski definition) is 1. The van der Waals surface area contributed by atoms with Crippen molar-refractivity contribution in [2.45, 2.75) is 44.8 Å². The molecule has 2 aliphatic heterocycles. The van der Waals surface area contributed by atoms with E-state index in [1.165, 1.54) is 0 Å². The Bertz CT molecular complexity index is 165. The first kappa shape index (κ1) is 10.9. The fraction of sp³-hybridized carbons (Fsp3) is 1.00. The molecular weight excluding hydrogens is 169 g/mol. The minimum Gasteiger partial charge on any atom is -0.394 e. The molecule has 0 aromatic rings. The summed E-state index contributed by atoms with van der Waals surface area (Å²) in [7, 11) is 0. The molecule has 78 valence electrons. The van der Waals surface area contributed by atoms with Crippen LogP contribution in [-0.2, 0) is 0 Å². The van der Waals surface area contributed by atoms with E-state index < -0.39 is 6.17 Å². The van der Waals surface area contributed by atoms with Crippen molar-refractivity contribution in [3.8, 4) is 0 Å². The van der Waals surface area contributed by atoms with Crippen molar-refractivity contribution in [1.82, 2.24) is 4.90 Å². The number of aliphatic hydroxyl groups excluding tert-OH is 1. The van der Waals surface area contributed by atoms with Crippen LogP contribution in [0.4, 0.5) is 4.39 Å². The number of fused-ring (bicyclic) bond motifs is 1. The minimum absolute atomic E-state index is 0.132. The molecule has 2 saturated heterocycles. The molecule has 0 aliphatic carbocycles. The van der Waals surface area contributed by atoms with E-state index in [1.807, 2.05) is 13.8 Å². The molecule has 2 aliphatic rings.